The number of carbonyl (C=O) groups excluding carboxylic acids is 1. The van der Waals surface area contributed by atoms with Crippen molar-refractivity contribution in [3.63, 3.8) is 0 Å². The van der Waals surface area contributed by atoms with E-state index in [0.717, 1.165) is 5.56 Å². The van der Waals surface area contributed by atoms with E-state index in [9.17, 15) is 9.59 Å². The molecule has 7 heteroatoms. The first-order chi connectivity index (χ1) is 10.9. The third-order valence-electron chi connectivity index (χ3n) is 4.18. The van der Waals surface area contributed by atoms with Gasteiger partial charge in [-0.15, -0.1) is 0 Å². The number of urea groups is 1. The Morgan fingerprint density at radius 3 is 2.48 bits per heavy atom. The van der Waals surface area contributed by atoms with Crippen LogP contribution in [0.25, 0.3) is 0 Å². The molecular weight excluding hydrogens is 339 g/mol. The quantitative estimate of drug-likeness (QED) is 0.760. The molecule has 2 amide bonds. The number of amides is 2. The normalized spacial score (nSPS) is 22.2. The Morgan fingerprint density at radius 1 is 1.22 bits per heavy atom. The minimum Gasteiger partial charge on any atom is -0.481 e. The van der Waals surface area contributed by atoms with Crippen LogP contribution in [0.15, 0.2) is 18.2 Å². The van der Waals surface area contributed by atoms with Gasteiger partial charge in [0.15, 0.2) is 0 Å². The number of benzene rings is 1. The topological polar surface area (TPSA) is 78.4 Å². The summed E-state index contributed by atoms with van der Waals surface area (Å²) in [6.45, 7) is 1.83. The van der Waals surface area contributed by atoms with Gasteiger partial charge in [0.2, 0.25) is 0 Å². The lowest BCUT2D eigenvalue weighted by Crippen LogP contribution is -2.44. The van der Waals surface area contributed by atoms with Gasteiger partial charge in [-0.1, -0.05) is 23.2 Å². The van der Waals surface area contributed by atoms with Crippen molar-refractivity contribution < 1.29 is 14.7 Å². The van der Waals surface area contributed by atoms with Crippen LogP contribution in [0.4, 0.5) is 4.79 Å². The van der Waals surface area contributed by atoms with Crippen molar-refractivity contribution in [1.82, 2.24) is 10.6 Å². The van der Waals surface area contributed by atoms with Crippen molar-refractivity contribution in [2.75, 3.05) is 0 Å². The number of aliphatic carboxylic acids is 1. The number of halogens is 2. The van der Waals surface area contributed by atoms with E-state index >= 15 is 0 Å². The van der Waals surface area contributed by atoms with E-state index < -0.39 is 5.97 Å². The predicted molar refractivity (Wildman–Crippen MR) is 89.9 cm³/mol. The Labute approximate surface area is 145 Å². The van der Waals surface area contributed by atoms with Crippen LogP contribution in [0, 0.1) is 5.92 Å². The summed E-state index contributed by atoms with van der Waals surface area (Å²) in [6, 6.07) is 4.56. The van der Waals surface area contributed by atoms with E-state index in [2.05, 4.69) is 10.6 Å². The molecule has 0 aromatic heterocycles. The second-order valence-electron chi connectivity index (χ2n) is 5.89. The number of nitrogens with one attached hydrogen (secondary N) is 2. The molecule has 2 rings (SSSR count). The van der Waals surface area contributed by atoms with Crippen molar-refractivity contribution in [3.8, 4) is 0 Å². The molecule has 1 aromatic carbocycles. The van der Waals surface area contributed by atoms with Crippen molar-refractivity contribution >= 4 is 35.2 Å². The Hall–Kier alpha value is -1.46. The summed E-state index contributed by atoms with van der Waals surface area (Å²) in [5, 5.41) is 15.8. The lowest BCUT2D eigenvalue weighted by atomic mass is 9.86. The molecular formula is C16H20Cl2N2O3. The Morgan fingerprint density at radius 2 is 1.87 bits per heavy atom. The second kappa shape index (κ2) is 7.88. The summed E-state index contributed by atoms with van der Waals surface area (Å²) in [5.41, 5.74) is 0.754. The van der Waals surface area contributed by atoms with Crippen LogP contribution in [0.1, 0.15) is 44.2 Å². The first kappa shape index (κ1) is 17.9. The molecule has 1 unspecified atom stereocenters. The molecule has 1 aromatic rings. The van der Waals surface area contributed by atoms with Crippen molar-refractivity contribution in [2.24, 2.45) is 5.92 Å². The van der Waals surface area contributed by atoms with Crippen LogP contribution in [0.2, 0.25) is 10.0 Å². The van der Waals surface area contributed by atoms with Crippen LogP contribution >= 0.6 is 23.2 Å². The summed E-state index contributed by atoms with van der Waals surface area (Å²) < 4.78 is 0. The lowest BCUT2D eigenvalue weighted by Gasteiger charge is -2.27. The van der Waals surface area contributed by atoms with E-state index in [1.54, 1.807) is 18.2 Å². The molecule has 5 nitrogen and oxygen atoms in total. The first-order valence-electron chi connectivity index (χ1n) is 7.61. The molecule has 0 spiro atoms. The van der Waals surface area contributed by atoms with Gasteiger partial charge >= 0.3 is 12.0 Å². The van der Waals surface area contributed by atoms with Crippen molar-refractivity contribution in [2.45, 2.75) is 44.7 Å². The first-order valence-corrected chi connectivity index (χ1v) is 8.37. The minimum absolute atomic E-state index is 0.00707. The molecule has 1 atom stereocenters. The van der Waals surface area contributed by atoms with Gasteiger partial charge in [0.05, 0.1) is 12.0 Å². The van der Waals surface area contributed by atoms with Gasteiger partial charge in [-0.2, -0.15) is 0 Å². The number of carboxylic acid groups (broad SMARTS) is 1. The van der Waals surface area contributed by atoms with Crippen LogP contribution in [0.3, 0.4) is 0 Å². The van der Waals surface area contributed by atoms with E-state index in [1.807, 2.05) is 6.92 Å². The number of carboxylic acids is 1. The predicted octanol–water partition coefficient (Wildman–Crippen LogP) is 4.00. The molecule has 0 bridgehead atoms. The molecule has 126 valence electrons. The van der Waals surface area contributed by atoms with Crippen LogP contribution in [-0.4, -0.2) is 23.1 Å². The monoisotopic (exact) mass is 358 g/mol. The molecule has 0 heterocycles. The maximum Gasteiger partial charge on any atom is 0.315 e. The van der Waals surface area contributed by atoms with Gasteiger partial charge in [-0.05, 0) is 56.4 Å². The average Bonchev–Trinajstić information content (AvgIpc) is 2.50. The van der Waals surface area contributed by atoms with E-state index in [-0.39, 0.29) is 24.0 Å². The van der Waals surface area contributed by atoms with Gasteiger partial charge in [-0.3, -0.25) is 4.79 Å². The Bertz CT molecular complexity index is 587. The fraction of sp³-hybridized carbons (Fsp3) is 0.500. The van der Waals surface area contributed by atoms with Crippen LogP contribution in [0.5, 0.6) is 0 Å². The third-order valence-corrected chi connectivity index (χ3v) is 4.76. The summed E-state index contributed by atoms with van der Waals surface area (Å²) in [5.74, 6) is -1.04. The fourth-order valence-corrected chi connectivity index (χ4v) is 3.29. The average molecular weight is 359 g/mol. The molecule has 1 fully saturated rings. The molecule has 0 aliphatic heterocycles. The smallest absolute Gasteiger partial charge is 0.315 e. The zero-order valence-corrected chi connectivity index (χ0v) is 14.3. The van der Waals surface area contributed by atoms with Gasteiger partial charge < -0.3 is 15.7 Å². The summed E-state index contributed by atoms with van der Waals surface area (Å²) >= 11 is 12.1. The van der Waals surface area contributed by atoms with Gasteiger partial charge in [0.25, 0.3) is 0 Å². The van der Waals surface area contributed by atoms with E-state index in [0.29, 0.717) is 35.7 Å². The molecule has 0 saturated heterocycles. The minimum atomic E-state index is -0.753. The number of hydrogen-bond acceptors (Lipinski definition) is 2. The van der Waals surface area contributed by atoms with Gasteiger partial charge in [-0.25, -0.2) is 4.79 Å². The zero-order valence-electron chi connectivity index (χ0n) is 12.8. The molecule has 1 aliphatic carbocycles. The summed E-state index contributed by atoms with van der Waals surface area (Å²) in [4.78, 5) is 23.0. The third kappa shape index (κ3) is 5.01. The van der Waals surface area contributed by atoms with Gasteiger partial charge in [0.1, 0.15) is 0 Å². The Kier molecular flexibility index (Phi) is 6.13. The SMILES string of the molecule is CC(NC(=O)NC1CCC(C(=O)O)CC1)c1cc(Cl)ccc1Cl. The maximum atomic E-state index is 12.1. The van der Waals surface area contributed by atoms with E-state index in [4.69, 9.17) is 28.3 Å². The number of hydrogen-bond donors (Lipinski definition) is 3. The molecule has 23 heavy (non-hydrogen) atoms. The lowest BCUT2D eigenvalue weighted by molar-refractivity contribution is -0.142. The highest BCUT2D eigenvalue weighted by Crippen LogP contribution is 2.27. The van der Waals surface area contributed by atoms with Crippen LogP contribution < -0.4 is 10.6 Å². The van der Waals surface area contributed by atoms with Gasteiger partial charge in [0, 0.05) is 16.1 Å². The van der Waals surface area contributed by atoms with Crippen molar-refractivity contribution in [1.29, 1.82) is 0 Å². The molecule has 1 aliphatic rings. The number of carbonyl (C=O) groups is 2. The summed E-state index contributed by atoms with van der Waals surface area (Å²) in [6.07, 6.45) is 2.54. The van der Waals surface area contributed by atoms with E-state index in [1.165, 1.54) is 0 Å². The van der Waals surface area contributed by atoms with Crippen LogP contribution in [-0.2, 0) is 4.79 Å². The highest BCUT2D eigenvalue weighted by Gasteiger charge is 2.27. The Balaban J connectivity index is 1.85. The molecule has 0 radical (unpaired) electrons. The zero-order chi connectivity index (χ0) is 17.0. The fourth-order valence-electron chi connectivity index (χ4n) is 2.83. The standard InChI is InChI=1S/C16H20Cl2N2O3/c1-9(13-8-11(17)4-7-14(13)18)19-16(23)20-12-5-2-10(3-6-12)15(21)22/h4,7-10,12H,2-3,5-6H2,1H3,(H,21,22)(H2,19,20,23). The second-order valence-corrected chi connectivity index (χ2v) is 6.74. The highest BCUT2D eigenvalue weighted by atomic mass is 35.5. The largest absolute Gasteiger partial charge is 0.481 e. The van der Waals surface area contributed by atoms with Crippen molar-refractivity contribution in [3.05, 3.63) is 33.8 Å². The highest BCUT2D eigenvalue weighted by molar-refractivity contribution is 6.33. The molecule has 1 saturated carbocycles. The molecule has 3 N–H and O–H groups in total. The maximum absolute atomic E-state index is 12.1. The summed E-state index contributed by atoms with van der Waals surface area (Å²) in [7, 11) is 0. The number of rotatable bonds is 4.